The van der Waals surface area contributed by atoms with E-state index in [1.165, 1.54) is 29.3 Å². The summed E-state index contributed by atoms with van der Waals surface area (Å²) in [5.74, 6) is -1.31. The first-order valence-electron chi connectivity index (χ1n) is 10.3. The van der Waals surface area contributed by atoms with Crippen molar-refractivity contribution < 1.29 is 22.7 Å². The highest BCUT2D eigenvalue weighted by Gasteiger charge is 2.44. The maximum Gasteiger partial charge on any atom is 0.471 e. The Morgan fingerprint density at radius 2 is 2.03 bits per heavy atom. The number of anilines is 1. The van der Waals surface area contributed by atoms with E-state index in [1.807, 2.05) is 0 Å². The summed E-state index contributed by atoms with van der Waals surface area (Å²) in [6.45, 7) is 1.44. The molecule has 10 heteroatoms. The Balaban J connectivity index is 2.01. The number of rotatable bonds is 7. The quantitative estimate of drug-likeness (QED) is 0.603. The first kappa shape index (κ1) is 23.3. The monoisotopic (exact) mass is 457 g/mol. The van der Waals surface area contributed by atoms with E-state index in [1.54, 1.807) is 13.0 Å². The van der Waals surface area contributed by atoms with E-state index in [4.69, 9.17) is 4.74 Å². The Bertz CT molecular complexity index is 938. The molecule has 1 atom stereocenters. The molecule has 3 rings (SSSR count). The first-order chi connectivity index (χ1) is 14.7. The van der Waals surface area contributed by atoms with Crippen molar-refractivity contribution in [3.8, 4) is 5.75 Å². The third-order valence-electron chi connectivity index (χ3n) is 5.70. The van der Waals surface area contributed by atoms with E-state index in [0.717, 1.165) is 43.4 Å². The minimum absolute atomic E-state index is 0.0322. The molecule has 1 saturated carbocycles. The molecule has 0 N–H and O–H groups in total. The normalized spacial score (nSPS) is 16.2. The number of methoxy groups -OCH3 is 1. The lowest BCUT2D eigenvalue weighted by atomic mass is 9.84. The van der Waals surface area contributed by atoms with Gasteiger partial charge in [-0.2, -0.15) is 13.2 Å². The van der Waals surface area contributed by atoms with Gasteiger partial charge in [-0.15, -0.1) is 11.3 Å². The number of carbonyl (C=O) groups is 1. The van der Waals surface area contributed by atoms with E-state index in [9.17, 15) is 22.8 Å². The lowest BCUT2D eigenvalue weighted by Crippen LogP contribution is -2.45. The van der Waals surface area contributed by atoms with Crippen molar-refractivity contribution in [2.45, 2.75) is 57.7 Å². The highest BCUT2D eigenvalue weighted by atomic mass is 32.1. The van der Waals surface area contributed by atoms with Gasteiger partial charge in [-0.05, 0) is 25.3 Å². The van der Waals surface area contributed by atoms with Crippen LogP contribution in [0.15, 0.2) is 28.5 Å². The van der Waals surface area contributed by atoms with Crippen LogP contribution >= 0.6 is 11.3 Å². The number of thiazole rings is 1. The molecule has 170 valence electrons. The van der Waals surface area contributed by atoms with Crippen molar-refractivity contribution in [3.63, 3.8) is 0 Å². The number of aromatic nitrogens is 2. The van der Waals surface area contributed by atoms with Crippen LogP contribution in [0, 0.1) is 12.8 Å². The van der Waals surface area contributed by atoms with Crippen molar-refractivity contribution in [2.75, 3.05) is 18.6 Å². The maximum absolute atomic E-state index is 13.4. The van der Waals surface area contributed by atoms with Crippen molar-refractivity contribution in [2.24, 2.45) is 5.92 Å². The molecule has 0 saturated heterocycles. The van der Waals surface area contributed by atoms with Gasteiger partial charge in [0, 0.05) is 29.9 Å². The van der Waals surface area contributed by atoms with Crippen molar-refractivity contribution in [3.05, 3.63) is 39.8 Å². The molecule has 2 aromatic heterocycles. The third-order valence-corrected chi connectivity index (χ3v) is 6.49. The minimum atomic E-state index is -5.04. The summed E-state index contributed by atoms with van der Waals surface area (Å²) in [5.41, 5.74) is 0.208. The molecule has 0 aromatic carbocycles. The van der Waals surface area contributed by atoms with Gasteiger partial charge in [0.15, 0.2) is 5.13 Å². The SMILES string of the molecule is COc1cc(C)n(C(CC2CCCCC2)CN(C(=O)C(F)(F)F)c2nccs2)c(=O)c1. The number of alkyl halides is 3. The van der Waals surface area contributed by atoms with E-state index >= 15 is 0 Å². The van der Waals surface area contributed by atoms with Gasteiger partial charge in [-0.1, -0.05) is 32.1 Å². The summed E-state index contributed by atoms with van der Waals surface area (Å²) >= 11 is 0.960. The van der Waals surface area contributed by atoms with E-state index in [2.05, 4.69) is 4.98 Å². The van der Waals surface area contributed by atoms with Crippen molar-refractivity contribution in [1.29, 1.82) is 0 Å². The van der Waals surface area contributed by atoms with Crippen LogP contribution in [-0.2, 0) is 4.79 Å². The molecule has 2 heterocycles. The average Bonchev–Trinajstić information content (AvgIpc) is 3.25. The van der Waals surface area contributed by atoms with Crippen LogP contribution in [0.3, 0.4) is 0 Å². The second-order valence-corrected chi connectivity index (χ2v) is 8.74. The number of halogens is 3. The zero-order valence-electron chi connectivity index (χ0n) is 17.5. The number of carbonyl (C=O) groups excluding carboxylic acids is 1. The fourth-order valence-corrected chi connectivity index (χ4v) is 4.95. The molecule has 1 aliphatic carbocycles. The number of hydrogen-bond donors (Lipinski definition) is 0. The Morgan fingerprint density at radius 1 is 1.32 bits per heavy atom. The van der Waals surface area contributed by atoms with Gasteiger partial charge < -0.3 is 9.30 Å². The summed E-state index contributed by atoms with van der Waals surface area (Å²) in [6, 6.07) is 2.38. The summed E-state index contributed by atoms with van der Waals surface area (Å²) in [6.07, 6.45) is 2.02. The molecule has 0 radical (unpaired) electrons. The van der Waals surface area contributed by atoms with Gasteiger partial charge >= 0.3 is 12.1 Å². The highest BCUT2D eigenvalue weighted by molar-refractivity contribution is 7.13. The topological polar surface area (TPSA) is 64.4 Å². The second kappa shape index (κ2) is 9.84. The molecular weight excluding hydrogens is 431 g/mol. The molecular formula is C21H26F3N3O3S. The molecule has 1 aliphatic rings. The van der Waals surface area contributed by atoms with Gasteiger partial charge in [0.25, 0.3) is 5.56 Å². The number of ether oxygens (including phenoxy) is 1. The maximum atomic E-state index is 13.4. The molecule has 0 spiro atoms. The minimum Gasteiger partial charge on any atom is -0.496 e. The van der Waals surface area contributed by atoms with E-state index in [0.29, 0.717) is 22.8 Å². The summed E-state index contributed by atoms with van der Waals surface area (Å²) in [5, 5.41) is 1.49. The number of aryl methyl sites for hydroxylation is 1. The average molecular weight is 458 g/mol. The van der Waals surface area contributed by atoms with Gasteiger partial charge in [0.1, 0.15) is 5.75 Å². The van der Waals surface area contributed by atoms with Crippen LogP contribution in [0.2, 0.25) is 0 Å². The van der Waals surface area contributed by atoms with Crippen LogP contribution in [0.5, 0.6) is 5.75 Å². The predicted octanol–water partition coefficient (Wildman–Crippen LogP) is 4.73. The van der Waals surface area contributed by atoms with Crippen LogP contribution in [-0.4, -0.2) is 35.3 Å². The number of nitrogens with zero attached hydrogens (tertiary/aromatic N) is 3. The standard InChI is InChI=1S/C21H26F3N3O3S/c1-14-10-17(30-2)12-18(28)27(14)16(11-15-6-4-3-5-7-15)13-26(19(29)21(22,23)24)20-25-8-9-31-20/h8-10,12,15-16H,3-7,11,13H2,1-2H3. The lowest BCUT2D eigenvalue weighted by molar-refractivity contribution is -0.170. The smallest absolute Gasteiger partial charge is 0.471 e. The Labute approximate surface area is 182 Å². The third kappa shape index (κ3) is 5.66. The van der Waals surface area contributed by atoms with E-state index < -0.39 is 18.1 Å². The van der Waals surface area contributed by atoms with Gasteiger partial charge in [0.05, 0.1) is 13.2 Å². The molecule has 2 aromatic rings. The zero-order chi connectivity index (χ0) is 22.6. The highest BCUT2D eigenvalue weighted by Crippen LogP contribution is 2.34. The van der Waals surface area contributed by atoms with Crippen molar-refractivity contribution in [1.82, 2.24) is 9.55 Å². The van der Waals surface area contributed by atoms with Gasteiger partial charge in [0.2, 0.25) is 0 Å². The van der Waals surface area contributed by atoms with Crippen LogP contribution in [0.4, 0.5) is 18.3 Å². The van der Waals surface area contributed by atoms with Crippen molar-refractivity contribution >= 4 is 22.4 Å². The predicted molar refractivity (Wildman–Crippen MR) is 113 cm³/mol. The Kier molecular flexibility index (Phi) is 7.40. The number of amides is 1. The Morgan fingerprint density at radius 3 is 2.58 bits per heavy atom. The van der Waals surface area contributed by atoms with Crippen LogP contribution in [0.1, 0.15) is 50.3 Å². The lowest BCUT2D eigenvalue weighted by Gasteiger charge is -2.32. The number of pyridine rings is 1. The summed E-state index contributed by atoms with van der Waals surface area (Å²) in [7, 11) is 1.45. The summed E-state index contributed by atoms with van der Waals surface area (Å²) in [4.78, 5) is 29.7. The fraction of sp³-hybridized carbons (Fsp3) is 0.571. The Hall–Kier alpha value is -2.36. The summed E-state index contributed by atoms with van der Waals surface area (Å²) < 4.78 is 46.7. The molecule has 0 aliphatic heterocycles. The molecule has 1 fully saturated rings. The number of hydrogen-bond acceptors (Lipinski definition) is 5. The van der Waals surface area contributed by atoms with Crippen LogP contribution in [0.25, 0.3) is 0 Å². The molecule has 0 bridgehead atoms. The van der Waals surface area contributed by atoms with Gasteiger partial charge in [-0.25, -0.2) is 4.98 Å². The molecule has 6 nitrogen and oxygen atoms in total. The largest absolute Gasteiger partial charge is 0.496 e. The van der Waals surface area contributed by atoms with E-state index in [-0.39, 0.29) is 23.2 Å². The zero-order valence-corrected chi connectivity index (χ0v) is 18.3. The van der Waals surface area contributed by atoms with Gasteiger partial charge in [-0.3, -0.25) is 14.5 Å². The molecule has 31 heavy (non-hydrogen) atoms. The second-order valence-electron chi connectivity index (χ2n) is 7.87. The fourth-order valence-electron chi connectivity index (χ4n) is 4.30. The first-order valence-corrected chi connectivity index (χ1v) is 11.1. The molecule has 1 amide bonds. The molecule has 1 unspecified atom stereocenters. The van der Waals surface area contributed by atoms with Crippen LogP contribution < -0.4 is 15.2 Å².